The minimum atomic E-state index is 0.515. The average Bonchev–Trinajstić information content (AvgIpc) is 2.96. The third kappa shape index (κ3) is 2.55. The van der Waals surface area contributed by atoms with E-state index in [-0.39, 0.29) is 0 Å². The minimum Gasteiger partial charge on any atom is -0.496 e. The normalized spacial score (nSPS) is 10.5. The number of nitrogens with zero attached hydrogens (tertiary/aromatic N) is 4. The van der Waals surface area contributed by atoms with Crippen molar-refractivity contribution in [3.05, 3.63) is 54.1 Å². The van der Waals surface area contributed by atoms with Crippen LogP contribution in [0.4, 0.5) is 5.69 Å². The molecule has 0 amide bonds. The first-order valence-electron chi connectivity index (χ1n) is 6.52. The van der Waals surface area contributed by atoms with Crippen molar-refractivity contribution in [3.8, 4) is 17.1 Å². The monoisotopic (exact) mass is 281 g/mol. The lowest BCUT2D eigenvalue weighted by Crippen LogP contribution is -2.06. The third-order valence-electron chi connectivity index (χ3n) is 3.25. The number of nitrogens with two attached hydrogens (primary N) is 1. The number of hydrogen-bond donors (Lipinski definition) is 1. The molecule has 0 radical (unpaired) electrons. The van der Waals surface area contributed by atoms with E-state index in [1.807, 2.05) is 48.5 Å². The summed E-state index contributed by atoms with van der Waals surface area (Å²) in [6.45, 7) is 0.515. The van der Waals surface area contributed by atoms with E-state index in [4.69, 9.17) is 10.5 Å². The highest BCUT2D eigenvalue weighted by molar-refractivity contribution is 5.71. The van der Waals surface area contributed by atoms with Crippen LogP contribution in [0.2, 0.25) is 0 Å². The summed E-state index contributed by atoms with van der Waals surface area (Å²) >= 11 is 0. The van der Waals surface area contributed by atoms with Gasteiger partial charge in [-0.15, -0.1) is 5.10 Å². The Bertz CT molecular complexity index is 753. The molecule has 3 aromatic rings. The van der Waals surface area contributed by atoms with E-state index in [9.17, 15) is 0 Å². The number of rotatable bonds is 4. The molecular formula is C15H15N5O. The van der Waals surface area contributed by atoms with Gasteiger partial charge < -0.3 is 10.5 Å². The predicted octanol–water partition coefficient (Wildman–Crippen LogP) is 1.98. The number of hydrogen-bond acceptors (Lipinski definition) is 5. The fourth-order valence-corrected chi connectivity index (χ4v) is 2.20. The number of para-hydroxylation sites is 2. The second kappa shape index (κ2) is 5.62. The minimum absolute atomic E-state index is 0.515. The first kappa shape index (κ1) is 13.1. The van der Waals surface area contributed by atoms with Gasteiger partial charge in [-0.2, -0.15) is 0 Å². The van der Waals surface area contributed by atoms with Crippen molar-refractivity contribution in [1.82, 2.24) is 20.2 Å². The quantitative estimate of drug-likeness (QED) is 0.740. The number of methoxy groups -OCH3 is 1. The van der Waals surface area contributed by atoms with Crippen LogP contribution >= 0.6 is 0 Å². The second-order valence-electron chi connectivity index (χ2n) is 4.56. The first-order valence-corrected chi connectivity index (χ1v) is 6.52. The van der Waals surface area contributed by atoms with Gasteiger partial charge in [0.05, 0.1) is 13.7 Å². The summed E-state index contributed by atoms with van der Waals surface area (Å²) in [7, 11) is 1.65. The Morgan fingerprint density at radius 2 is 1.86 bits per heavy atom. The van der Waals surface area contributed by atoms with Gasteiger partial charge in [0.2, 0.25) is 0 Å². The van der Waals surface area contributed by atoms with Crippen molar-refractivity contribution >= 4 is 5.69 Å². The predicted molar refractivity (Wildman–Crippen MR) is 79.8 cm³/mol. The Morgan fingerprint density at radius 3 is 2.67 bits per heavy atom. The Labute approximate surface area is 122 Å². The van der Waals surface area contributed by atoms with Crippen LogP contribution in [0.15, 0.2) is 48.5 Å². The average molecular weight is 281 g/mol. The molecule has 0 saturated carbocycles. The standard InChI is InChI=1S/C15H15N5O/c1-21-14-9-5-2-6-11(14)10-20-15(17-18-19-20)12-7-3-4-8-13(12)16/h2-9H,10,16H2,1H3. The SMILES string of the molecule is COc1ccccc1Cn1nnnc1-c1ccccc1N. The van der Waals surface area contributed by atoms with Gasteiger partial charge in [-0.3, -0.25) is 0 Å². The molecule has 0 aliphatic rings. The smallest absolute Gasteiger partial charge is 0.184 e. The van der Waals surface area contributed by atoms with Crippen LogP contribution in [0.3, 0.4) is 0 Å². The summed E-state index contributed by atoms with van der Waals surface area (Å²) in [5.74, 6) is 1.44. The number of aromatic nitrogens is 4. The maximum atomic E-state index is 6.00. The molecule has 2 N–H and O–H groups in total. The molecule has 0 spiro atoms. The van der Waals surface area contributed by atoms with E-state index in [2.05, 4.69) is 15.5 Å². The van der Waals surface area contributed by atoms with Gasteiger partial charge in [-0.25, -0.2) is 4.68 Å². The molecule has 0 aliphatic carbocycles. The van der Waals surface area contributed by atoms with E-state index in [0.29, 0.717) is 18.1 Å². The molecule has 21 heavy (non-hydrogen) atoms. The van der Waals surface area contributed by atoms with E-state index < -0.39 is 0 Å². The number of anilines is 1. The number of ether oxygens (including phenoxy) is 1. The molecule has 0 bridgehead atoms. The molecule has 0 fully saturated rings. The van der Waals surface area contributed by atoms with Gasteiger partial charge >= 0.3 is 0 Å². The second-order valence-corrected chi connectivity index (χ2v) is 4.56. The van der Waals surface area contributed by atoms with Gasteiger partial charge in [-0.05, 0) is 28.6 Å². The highest BCUT2D eigenvalue weighted by atomic mass is 16.5. The molecule has 6 heteroatoms. The lowest BCUT2D eigenvalue weighted by molar-refractivity contribution is 0.407. The van der Waals surface area contributed by atoms with Crippen molar-refractivity contribution in [3.63, 3.8) is 0 Å². The molecule has 0 unspecified atom stereocenters. The molecule has 0 aliphatic heterocycles. The zero-order valence-corrected chi connectivity index (χ0v) is 11.6. The van der Waals surface area contributed by atoms with Crippen molar-refractivity contribution in [2.24, 2.45) is 0 Å². The number of nitrogen functional groups attached to an aromatic ring is 1. The fraction of sp³-hybridized carbons (Fsp3) is 0.133. The summed E-state index contributed by atoms with van der Waals surface area (Å²) < 4.78 is 7.07. The molecule has 1 aromatic heterocycles. The Hall–Kier alpha value is -2.89. The topological polar surface area (TPSA) is 78.8 Å². The molecule has 3 rings (SSSR count). The third-order valence-corrected chi connectivity index (χ3v) is 3.25. The molecule has 6 nitrogen and oxygen atoms in total. The van der Waals surface area contributed by atoms with Gasteiger partial charge in [-0.1, -0.05) is 30.3 Å². The van der Waals surface area contributed by atoms with Gasteiger partial charge in [0.15, 0.2) is 5.82 Å². The Balaban J connectivity index is 1.99. The number of benzene rings is 2. The highest BCUT2D eigenvalue weighted by Gasteiger charge is 2.13. The lowest BCUT2D eigenvalue weighted by Gasteiger charge is -2.10. The summed E-state index contributed by atoms with van der Waals surface area (Å²) in [5.41, 5.74) is 8.46. The van der Waals surface area contributed by atoms with Crippen LogP contribution in [-0.4, -0.2) is 27.3 Å². The molecule has 0 saturated heterocycles. The van der Waals surface area contributed by atoms with Crippen LogP contribution in [0.25, 0.3) is 11.4 Å². The fourth-order valence-electron chi connectivity index (χ4n) is 2.20. The summed E-state index contributed by atoms with van der Waals surface area (Å²) in [5, 5.41) is 11.9. The van der Waals surface area contributed by atoms with Crippen LogP contribution in [0, 0.1) is 0 Å². The van der Waals surface area contributed by atoms with Crippen molar-refractivity contribution in [1.29, 1.82) is 0 Å². The van der Waals surface area contributed by atoms with E-state index in [1.54, 1.807) is 11.8 Å². The van der Waals surface area contributed by atoms with Crippen LogP contribution in [0.5, 0.6) is 5.75 Å². The van der Waals surface area contributed by atoms with E-state index in [0.717, 1.165) is 16.9 Å². The van der Waals surface area contributed by atoms with Crippen LogP contribution < -0.4 is 10.5 Å². The maximum Gasteiger partial charge on any atom is 0.184 e. The summed E-state index contributed by atoms with van der Waals surface area (Å²) in [6.07, 6.45) is 0. The van der Waals surface area contributed by atoms with Gasteiger partial charge in [0.25, 0.3) is 0 Å². The van der Waals surface area contributed by atoms with Crippen molar-refractivity contribution in [2.75, 3.05) is 12.8 Å². The zero-order valence-electron chi connectivity index (χ0n) is 11.6. The molecule has 1 heterocycles. The Morgan fingerprint density at radius 1 is 1.10 bits per heavy atom. The van der Waals surface area contributed by atoms with E-state index >= 15 is 0 Å². The summed E-state index contributed by atoms with van der Waals surface area (Å²) in [6, 6.07) is 15.3. The summed E-state index contributed by atoms with van der Waals surface area (Å²) in [4.78, 5) is 0. The highest BCUT2D eigenvalue weighted by Crippen LogP contribution is 2.24. The molecule has 106 valence electrons. The molecular weight excluding hydrogens is 266 g/mol. The lowest BCUT2D eigenvalue weighted by atomic mass is 10.1. The van der Waals surface area contributed by atoms with Crippen molar-refractivity contribution < 1.29 is 4.74 Å². The van der Waals surface area contributed by atoms with E-state index in [1.165, 1.54) is 0 Å². The largest absolute Gasteiger partial charge is 0.496 e. The number of tetrazole rings is 1. The van der Waals surface area contributed by atoms with Crippen LogP contribution in [0.1, 0.15) is 5.56 Å². The molecule has 2 aromatic carbocycles. The van der Waals surface area contributed by atoms with Gasteiger partial charge in [0, 0.05) is 16.8 Å². The maximum absolute atomic E-state index is 6.00. The molecule has 0 atom stereocenters. The Kier molecular flexibility index (Phi) is 3.51. The zero-order chi connectivity index (χ0) is 14.7. The van der Waals surface area contributed by atoms with Gasteiger partial charge in [0.1, 0.15) is 5.75 Å². The first-order chi connectivity index (χ1) is 10.3. The van der Waals surface area contributed by atoms with Crippen LogP contribution in [-0.2, 0) is 6.54 Å². The van der Waals surface area contributed by atoms with Crippen molar-refractivity contribution in [2.45, 2.75) is 6.54 Å².